The molecule has 0 atom stereocenters. The highest BCUT2D eigenvalue weighted by atomic mass is 16.5. The van der Waals surface area contributed by atoms with Crippen molar-refractivity contribution in [2.45, 2.75) is 40.5 Å². The van der Waals surface area contributed by atoms with Gasteiger partial charge in [0.15, 0.2) is 0 Å². The highest BCUT2D eigenvalue weighted by Crippen LogP contribution is 2.21. The highest BCUT2D eigenvalue weighted by molar-refractivity contribution is 6.04. The zero-order valence-corrected chi connectivity index (χ0v) is 18.1. The molecule has 1 N–H and O–H groups in total. The van der Waals surface area contributed by atoms with Crippen LogP contribution in [0.25, 0.3) is 5.69 Å². The molecule has 30 heavy (non-hydrogen) atoms. The van der Waals surface area contributed by atoms with Crippen molar-refractivity contribution in [2.75, 3.05) is 12.4 Å². The van der Waals surface area contributed by atoms with Crippen LogP contribution in [-0.2, 0) is 16.0 Å². The zero-order valence-electron chi connectivity index (χ0n) is 18.1. The first-order valence-electron chi connectivity index (χ1n) is 9.91. The molecule has 156 valence electrons. The van der Waals surface area contributed by atoms with Crippen LogP contribution in [0.2, 0.25) is 0 Å². The minimum absolute atomic E-state index is 0.151. The quantitative estimate of drug-likeness (QED) is 0.615. The predicted molar refractivity (Wildman–Crippen MR) is 117 cm³/mol. The Morgan fingerprint density at radius 3 is 2.40 bits per heavy atom. The number of nitrogens with zero attached hydrogens (tertiary/aromatic N) is 2. The Labute approximate surface area is 176 Å². The van der Waals surface area contributed by atoms with Crippen molar-refractivity contribution in [1.29, 1.82) is 0 Å². The van der Waals surface area contributed by atoms with Gasteiger partial charge in [-0.15, -0.1) is 0 Å². The Morgan fingerprint density at radius 1 is 1.03 bits per heavy atom. The number of anilines is 1. The first kappa shape index (κ1) is 21.3. The normalized spacial score (nSPS) is 10.7. The number of nitrogens with one attached hydrogen (secondary N) is 1. The van der Waals surface area contributed by atoms with E-state index < -0.39 is 0 Å². The van der Waals surface area contributed by atoms with Crippen LogP contribution in [0.4, 0.5) is 5.69 Å². The highest BCUT2D eigenvalue weighted by Gasteiger charge is 2.15. The van der Waals surface area contributed by atoms with E-state index in [4.69, 9.17) is 4.74 Å². The van der Waals surface area contributed by atoms with E-state index in [9.17, 15) is 9.59 Å². The van der Waals surface area contributed by atoms with Crippen molar-refractivity contribution in [3.05, 3.63) is 76.1 Å². The number of hydrogen-bond acceptors (Lipinski definition) is 4. The predicted octanol–water partition coefficient (Wildman–Crippen LogP) is 4.46. The lowest BCUT2D eigenvalue weighted by Crippen LogP contribution is -2.13. The van der Waals surface area contributed by atoms with Crippen LogP contribution in [0.3, 0.4) is 0 Å². The fourth-order valence-corrected chi connectivity index (χ4v) is 3.44. The topological polar surface area (TPSA) is 73.2 Å². The summed E-state index contributed by atoms with van der Waals surface area (Å²) in [4.78, 5) is 24.1. The van der Waals surface area contributed by atoms with Crippen molar-refractivity contribution in [3.8, 4) is 5.69 Å². The number of amides is 1. The lowest BCUT2D eigenvalue weighted by molar-refractivity contribution is -0.140. The Morgan fingerprint density at radius 2 is 1.73 bits per heavy atom. The third kappa shape index (κ3) is 4.59. The maximum absolute atomic E-state index is 12.7. The summed E-state index contributed by atoms with van der Waals surface area (Å²) in [5.74, 6) is -0.386. The number of hydrogen-bond donors (Lipinski definition) is 1. The maximum Gasteiger partial charge on any atom is 0.305 e. The molecule has 0 radical (unpaired) electrons. The van der Waals surface area contributed by atoms with Crippen LogP contribution in [0, 0.1) is 27.7 Å². The van der Waals surface area contributed by atoms with Gasteiger partial charge in [0, 0.05) is 23.4 Å². The Kier molecular flexibility index (Phi) is 6.35. The second-order valence-corrected chi connectivity index (χ2v) is 7.46. The lowest BCUT2D eigenvalue weighted by atomic mass is 10.1. The van der Waals surface area contributed by atoms with E-state index in [0.717, 1.165) is 39.5 Å². The Bertz CT molecular complexity index is 1080. The third-order valence-electron chi connectivity index (χ3n) is 5.26. The molecule has 0 fully saturated rings. The summed E-state index contributed by atoms with van der Waals surface area (Å²) in [6, 6.07) is 13.3. The Hall–Kier alpha value is -3.41. The molecule has 1 aromatic heterocycles. The maximum atomic E-state index is 12.7. The van der Waals surface area contributed by atoms with Crippen LogP contribution < -0.4 is 5.32 Å². The van der Waals surface area contributed by atoms with E-state index in [2.05, 4.69) is 10.4 Å². The van der Waals surface area contributed by atoms with E-state index in [0.29, 0.717) is 18.4 Å². The molecule has 0 aliphatic heterocycles. The summed E-state index contributed by atoms with van der Waals surface area (Å²) >= 11 is 0. The summed E-state index contributed by atoms with van der Waals surface area (Å²) in [6.45, 7) is 7.88. The Balaban J connectivity index is 1.78. The second-order valence-electron chi connectivity index (χ2n) is 7.46. The summed E-state index contributed by atoms with van der Waals surface area (Å²) in [7, 11) is 1.39. The number of methoxy groups -OCH3 is 1. The third-order valence-corrected chi connectivity index (χ3v) is 5.26. The van der Waals surface area contributed by atoms with E-state index in [1.54, 1.807) is 12.1 Å². The summed E-state index contributed by atoms with van der Waals surface area (Å²) in [5.41, 5.74) is 7.27. The molecule has 2 aromatic carbocycles. The van der Waals surface area contributed by atoms with Crippen molar-refractivity contribution >= 4 is 17.6 Å². The van der Waals surface area contributed by atoms with Crippen molar-refractivity contribution < 1.29 is 14.3 Å². The SMILES string of the molecule is COC(=O)CCc1c(C)nn(-c2ccc(C(=O)Nc3cc(C)ccc3C)cc2)c1C. The number of benzene rings is 2. The van der Waals surface area contributed by atoms with Gasteiger partial charge in [0.2, 0.25) is 0 Å². The zero-order chi connectivity index (χ0) is 21.8. The second kappa shape index (κ2) is 8.95. The van der Waals surface area contributed by atoms with Crippen molar-refractivity contribution in [2.24, 2.45) is 0 Å². The van der Waals surface area contributed by atoms with Crippen LogP contribution >= 0.6 is 0 Å². The average molecular weight is 405 g/mol. The molecule has 6 heteroatoms. The molecular formula is C24H27N3O3. The van der Waals surface area contributed by atoms with Gasteiger partial charge in [-0.1, -0.05) is 12.1 Å². The summed E-state index contributed by atoms with van der Waals surface area (Å²) in [6.07, 6.45) is 0.905. The minimum atomic E-state index is -0.235. The van der Waals surface area contributed by atoms with Crippen LogP contribution in [-0.4, -0.2) is 28.8 Å². The number of ether oxygens (including phenoxy) is 1. The van der Waals surface area contributed by atoms with E-state index in [-0.39, 0.29) is 11.9 Å². The fourth-order valence-electron chi connectivity index (χ4n) is 3.44. The van der Waals surface area contributed by atoms with Gasteiger partial charge in [-0.05, 0) is 81.1 Å². The van der Waals surface area contributed by atoms with Gasteiger partial charge in [0.1, 0.15) is 0 Å². The van der Waals surface area contributed by atoms with E-state index in [1.807, 2.05) is 62.7 Å². The number of carbonyl (C=O) groups excluding carboxylic acids is 2. The van der Waals surface area contributed by atoms with Gasteiger partial charge in [-0.3, -0.25) is 9.59 Å². The lowest BCUT2D eigenvalue weighted by Gasteiger charge is -2.10. The van der Waals surface area contributed by atoms with E-state index >= 15 is 0 Å². The molecule has 1 heterocycles. The minimum Gasteiger partial charge on any atom is -0.469 e. The molecule has 0 unspecified atom stereocenters. The van der Waals surface area contributed by atoms with Gasteiger partial charge < -0.3 is 10.1 Å². The molecule has 0 aliphatic carbocycles. The smallest absolute Gasteiger partial charge is 0.305 e. The molecule has 0 spiro atoms. The monoisotopic (exact) mass is 405 g/mol. The average Bonchev–Trinajstić information content (AvgIpc) is 3.02. The van der Waals surface area contributed by atoms with Crippen LogP contribution in [0.15, 0.2) is 42.5 Å². The van der Waals surface area contributed by atoms with Gasteiger partial charge in [-0.2, -0.15) is 5.10 Å². The number of aromatic nitrogens is 2. The van der Waals surface area contributed by atoms with Crippen LogP contribution in [0.1, 0.15) is 44.9 Å². The molecule has 3 rings (SSSR count). The number of esters is 1. The summed E-state index contributed by atoms with van der Waals surface area (Å²) in [5, 5.41) is 7.59. The molecule has 3 aromatic rings. The van der Waals surface area contributed by atoms with Gasteiger partial charge in [0.25, 0.3) is 5.91 Å². The molecule has 6 nitrogen and oxygen atoms in total. The van der Waals surface area contributed by atoms with E-state index in [1.165, 1.54) is 7.11 Å². The fraction of sp³-hybridized carbons (Fsp3) is 0.292. The molecule has 0 aliphatic rings. The largest absolute Gasteiger partial charge is 0.469 e. The van der Waals surface area contributed by atoms with Gasteiger partial charge >= 0.3 is 5.97 Å². The molecule has 1 amide bonds. The molecule has 0 saturated heterocycles. The van der Waals surface area contributed by atoms with Crippen molar-refractivity contribution in [3.63, 3.8) is 0 Å². The van der Waals surface area contributed by atoms with Crippen LogP contribution in [0.5, 0.6) is 0 Å². The number of carbonyl (C=O) groups is 2. The molecule has 0 bridgehead atoms. The standard InChI is InChI=1S/C24H27N3O3/c1-15-6-7-16(2)22(14-15)25-24(29)19-8-10-20(11-9-19)27-18(4)21(17(3)26-27)12-13-23(28)30-5/h6-11,14H,12-13H2,1-5H3,(H,25,29). The van der Waals surface area contributed by atoms with Gasteiger partial charge in [0.05, 0.1) is 18.5 Å². The van der Waals surface area contributed by atoms with Gasteiger partial charge in [-0.25, -0.2) is 4.68 Å². The van der Waals surface area contributed by atoms with Crippen molar-refractivity contribution in [1.82, 2.24) is 9.78 Å². The molecule has 0 saturated carbocycles. The number of aryl methyl sites for hydroxylation is 3. The number of rotatable bonds is 6. The molecular weight excluding hydrogens is 378 g/mol. The first-order valence-corrected chi connectivity index (χ1v) is 9.91. The first-order chi connectivity index (χ1) is 14.3. The summed E-state index contributed by atoms with van der Waals surface area (Å²) < 4.78 is 6.57.